The number of aromatic nitrogens is 1. The number of hydrazone groups is 1. The molecule has 0 fully saturated rings. The van der Waals surface area contributed by atoms with Gasteiger partial charge >= 0.3 is 0 Å². The van der Waals surface area contributed by atoms with Gasteiger partial charge in [0.1, 0.15) is 0 Å². The maximum atomic E-state index is 13.5. The smallest absolute Gasteiger partial charge is 0.258 e. The molecule has 36 heavy (non-hydrogen) atoms. The Morgan fingerprint density at radius 1 is 0.972 bits per heavy atom. The largest absolute Gasteiger partial charge is 0.396 e. The number of halogens is 2. The number of H-pyrrole nitrogens is 1. The van der Waals surface area contributed by atoms with Gasteiger partial charge in [0.05, 0.1) is 17.3 Å². The molecule has 4 aromatic rings. The molecule has 8 heteroatoms. The predicted molar refractivity (Wildman–Crippen MR) is 144 cm³/mol. The SMILES string of the molecule is O=C(CCCO)N1N=C(c2c(-c3ccc(Cl)cc3)c3ccccc3[nH]c2=O)CC1c1ccc(Cl)cc1. The van der Waals surface area contributed by atoms with E-state index in [-0.39, 0.29) is 24.5 Å². The molecule has 0 saturated heterocycles. The predicted octanol–water partition coefficient (Wildman–Crippen LogP) is 5.95. The van der Waals surface area contributed by atoms with Crippen LogP contribution in [0.15, 0.2) is 82.7 Å². The van der Waals surface area contributed by atoms with Gasteiger partial charge in [-0.3, -0.25) is 9.59 Å². The third kappa shape index (κ3) is 4.67. The topological polar surface area (TPSA) is 85.8 Å². The van der Waals surface area contributed by atoms with Crippen LogP contribution in [-0.4, -0.2) is 33.3 Å². The third-order valence-electron chi connectivity index (χ3n) is 6.31. The average molecular weight is 520 g/mol. The van der Waals surface area contributed by atoms with Crippen molar-refractivity contribution >= 4 is 45.7 Å². The summed E-state index contributed by atoms with van der Waals surface area (Å²) in [4.78, 5) is 29.6. The number of carbonyl (C=O) groups excluding carboxylic acids is 1. The molecule has 1 aliphatic heterocycles. The summed E-state index contributed by atoms with van der Waals surface area (Å²) in [5, 5.41) is 17.4. The normalized spacial score (nSPS) is 15.4. The Morgan fingerprint density at radius 3 is 2.33 bits per heavy atom. The van der Waals surface area contributed by atoms with Gasteiger partial charge in [0.15, 0.2) is 0 Å². The maximum Gasteiger partial charge on any atom is 0.258 e. The first-order chi connectivity index (χ1) is 17.5. The number of fused-ring (bicyclic) bond motifs is 1. The van der Waals surface area contributed by atoms with Crippen LogP contribution in [0.2, 0.25) is 10.0 Å². The zero-order valence-electron chi connectivity index (χ0n) is 19.2. The highest BCUT2D eigenvalue weighted by Crippen LogP contribution is 2.37. The van der Waals surface area contributed by atoms with Crippen molar-refractivity contribution in [1.29, 1.82) is 0 Å². The van der Waals surface area contributed by atoms with Crippen LogP contribution in [0.1, 0.15) is 36.4 Å². The quantitative estimate of drug-likeness (QED) is 0.329. The average Bonchev–Trinajstić information content (AvgIpc) is 3.32. The zero-order valence-corrected chi connectivity index (χ0v) is 20.8. The molecule has 5 rings (SSSR count). The monoisotopic (exact) mass is 519 g/mol. The molecule has 3 aromatic carbocycles. The number of nitrogens with zero attached hydrogens (tertiary/aromatic N) is 2. The molecule has 1 aromatic heterocycles. The molecule has 6 nitrogen and oxygen atoms in total. The zero-order chi connectivity index (χ0) is 25.2. The van der Waals surface area contributed by atoms with Gasteiger partial charge in [-0.2, -0.15) is 5.10 Å². The molecular weight excluding hydrogens is 497 g/mol. The van der Waals surface area contributed by atoms with Crippen LogP contribution in [0.4, 0.5) is 0 Å². The van der Waals surface area contributed by atoms with Crippen molar-refractivity contribution in [2.45, 2.75) is 25.3 Å². The van der Waals surface area contributed by atoms with Crippen LogP contribution >= 0.6 is 23.2 Å². The molecule has 2 N–H and O–H groups in total. The summed E-state index contributed by atoms with van der Waals surface area (Å²) in [6.07, 6.45) is 0.837. The van der Waals surface area contributed by atoms with Crippen LogP contribution in [0.5, 0.6) is 0 Å². The highest BCUT2D eigenvalue weighted by molar-refractivity contribution is 6.31. The summed E-state index contributed by atoms with van der Waals surface area (Å²) >= 11 is 12.2. The van der Waals surface area contributed by atoms with E-state index in [0.29, 0.717) is 39.7 Å². The van der Waals surface area contributed by atoms with Gasteiger partial charge in [0.25, 0.3) is 5.56 Å². The lowest BCUT2D eigenvalue weighted by Crippen LogP contribution is -2.27. The Hall–Kier alpha value is -3.45. The highest BCUT2D eigenvalue weighted by Gasteiger charge is 2.35. The lowest BCUT2D eigenvalue weighted by Gasteiger charge is -2.22. The molecule has 0 radical (unpaired) electrons. The number of para-hydroxylation sites is 1. The van der Waals surface area contributed by atoms with Crippen LogP contribution < -0.4 is 5.56 Å². The fourth-order valence-electron chi connectivity index (χ4n) is 4.62. The van der Waals surface area contributed by atoms with Crippen LogP contribution in [0.25, 0.3) is 22.0 Å². The van der Waals surface area contributed by atoms with E-state index < -0.39 is 6.04 Å². The van der Waals surface area contributed by atoms with Crippen molar-refractivity contribution in [3.8, 4) is 11.1 Å². The molecule has 1 amide bonds. The summed E-state index contributed by atoms with van der Waals surface area (Å²) < 4.78 is 0. The van der Waals surface area contributed by atoms with Gasteiger partial charge in [-0.1, -0.05) is 65.7 Å². The Balaban J connectivity index is 1.69. The van der Waals surface area contributed by atoms with Gasteiger partial charge in [-0.25, -0.2) is 5.01 Å². The molecule has 0 spiro atoms. The summed E-state index contributed by atoms with van der Waals surface area (Å²) in [5.74, 6) is -0.218. The van der Waals surface area contributed by atoms with Crippen molar-refractivity contribution in [3.63, 3.8) is 0 Å². The lowest BCUT2D eigenvalue weighted by atomic mass is 9.91. The summed E-state index contributed by atoms with van der Waals surface area (Å²) in [6.45, 7) is -0.0905. The van der Waals surface area contributed by atoms with Gasteiger partial charge in [0.2, 0.25) is 5.91 Å². The summed E-state index contributed by atoms with van der Waals surface area (Å²) in [7, 11) is 0. The molecule has 1 unspecified atom stereocenters. The lowest BCUT2D eigenvalue weighted by molar-refractivity contribution is -0.133. The second-order valence-corrected chi connectivity index (χ2v) is 9.51. The van der Waals surface area contributed by atoms with E-state index in [1.165, 1.54) is 5.01 Å². The first-order valence-corrected chi connectivity index (χ1v) is 12.4. The molecule has 0 bridgehead atoms. The van der Waals surface area contributed by atoms with Crippen molar-refractivity contribution in [2.24, 2.45) is 5.10 Å². The minimum atomic E-state index is -0.396. The first-order valence-electron chi connectivity index (χ1n) is 11.6. The molecule has 2 heterocycles. The standard InChI is InChI=1S/C28H23Cl2N3O3/c29-19-11-7-17(8-12-19)24-16-23(32-33(24)25(35)6-3-15-34)27-26(18-9-13-20(30)14-10-18)21-4-1-2-5-22(21)31-28(27)36/h1-2,4-5,7-14,24,34H,3,6,15-16H2,(H,31,36). The molecule has 0 saturated carbocycles. The Morgan fingerprint density at radius 2 is 1.64 bits per heavy atom. The van der Waals surface area contributed by atoms with E-state index in [2.05, 4.69) is 4.98 Å². The summed E-state index contributed by atoms with van der Waals surface area (Å²) in [6, 6.07) is 21.8. The van der Waals surface area contributed by atoms with E-state index in [9.17, 15) is 14.7 Å². The van der Waals surface area contributed by atoms with Gasteiger partial charge in [-0.15, -0.1) is 0 Å². The van der Waals surface area contributed by atoms with Crippen LogP contribution in [-0.2, 0) is 4.79 Å². The Kier molecular flexibility index (Phi) is 6.92. The van der Waals surface area contributed by atoms with Gasteiger partial charge in [-0.05, 0) is 47.9 Å². The number of benzene rings is 3. The van der Waals surface area contributed by atoms with Crippen molar-refractivity contribution in [1.82, 2.24) is 9.99 Å². The number of aliphatic hydroxyl groups excluding tert-OH is 1. The van der Waals surface area contributed by atoms with Crippen molar-refractivity contribution in [2.75, 3.05) is 6.61 Å². The maximum absolute atomic E-state index is 13.5. The number of carbonyl (C=O) groups is 1. The minimum Gasteiger partial charge on any atom is -0.396 e. The number of hydrogen-bond donors (Lipinski definition) is 2. The molecule has 1 aliphatic rings. The first kappa shape index (κ1) is 24.3. The van der Waals surface area contributed by atoms with E-state index in [4.69, 9.17) is 28.3 Å². The van der Waals surface area contributed by atoms with Gasteiger partial charge < -0.3 is 10.1 Å². The van der Waals surface area contributed by atoms with E-state index in [1.807, 2.05) is 48.5 Å². The number of rotatable bonds is 6. The van der Waals surface area contributed by atoms with Crippen molar-refractivity contribution < 1.29 is 9.90 Å². The number of aromatic amines is 1. The number of hydrogen-bond acceptors (Lipinski definition) is 4. The summed E-state index contributed by atoms with van der Waals surface area (Å²) in [5.41, 5.74) is 3.80. The fourth-order valence-corrected chi connectivity index (χ4v) is 4.87. The highest BCUT2D eigenvalue weighted by atomic mass is 35.5. The van der Waals surface area contributed by atoms with Crippen molar-refractivity contribution in [3.05, 3.63) is 104 Å². The fraction of sp³-hybridized carbons (Fsp3) is 0.179. The number of amides is 1. The second kappa shape index (κ2) is 10.3. The van der Waals surface area contributed by atoms with Crippen LogP contribution in [0.3, 0.4) is 0 Å². The second-order valence-electron chi connectivity index (χ2n) is 8.64. The number of aliphatic hydroxyl groups is 1. The molecule has 0 aliphatic carbocycles. The van der Waals surface area contributed by atoms with Gasteiger partial charge in [0, 0.05) is 46.0 Å². The molecule has 182 valence electrons. The van der Waals surface area contributed by atoms with E-state index in [0.717, 1.165) is 22.1 Å². The van der Waals surface area contributed by atoms with E-state index in [1.54, 1.807) is 24.3 Å². The Bertz CT molecular complexity index is 1510. The van der Waals surface area contributed by atoms with E-state index >= 15 is 0 Å². The minimum absolute atomic E-state index is 0.0905. The van der Waals surface area contributed by atoms with Crippen LogP contribution in [0, 0.1) is 0 Å². The molecule has 1 atom stereocenters. The Labute approximate surface area is 217 Å². The number of nitrogens with one attached hydrogen (secondary N) is 1. The third-order valence-corrected chi connectivity index (χ3v) is 6.82. The number of pyridine rings is 1. The molecular formula is C28H23Cl2N3O3.